The Morgan fingerprint density at radius 3 is 2.80 bits per heavy atom. The van der Waals surface area contributed by atoms with Crippen LogP contribution >= 0.6 is 11.3 Å². The average molecular weight is 290 g/mol. The fraction of sp³-hybridized carbons (Fsp3) is 0.375. The van der Waals surface area contributed by atoms with Crippen LogP contribution in [-0.4, -0.2) is 33.8 Å². The summed E-state index contributed by atoms with van der Waals surface area (Å²) in [5.41, 5.74) is 2.55. The number of hydrogen-bond acceptors (Lipinski definition) is 4. The van der Waals surface area contributed by atoms with Gasteiger partial charge in [0.2, 0.25) is 0 Å². The molecule has 0 saturated carbocycles. The summed E-state index contributed by atoms with van der Waals surface area (Å²) >= 11 is 1.76. The van der Waals surface area contributed by atoms with E-state index in [0.29, 0.717) is 0 Å². The predicted octanol–water partition coefficient (Wildman–Crippen LogP) is 3.03. The van der Waals surface area contributed by atoms with Gasteiger partial charge in [-0.05, 0) is 47.5 Å². The molecule has 4 heteroatoms. The quantitative estimate of drug-likeness (QED) is 0.756. The maximum atomic E-state index is 5.38. The van der Waals surface area contributed by atoms with Gasteiger partial charge in [-0.2, -0.15) is 11.3 Å². The summed E-state index contributed by atoms with van der Waals surface area (Å²) in [5.74, 6) is 0.924. The van der Waals surface area contributed by atoms with Crippen molar-refractivity contribution in [2.45, 2.75) is 6.42 Å². The highest BCUT2D eigenvalue weighted by Gasteiger charge is 2.06. The first kappa shape index (κ1) is 14.9. The van der Waals surface area contributed by atoms with Gasteiger partial charge in [0.1, 0.15) is 5.75 Å². The first-order chi connectivity index (χ1) is 9.81. The zero-order chi connectivity index (χ0) is 14.2. The van der Waals surface area contributed by atoms with Gasteiger partial charge in [-0.3, -0.25) is 0 Å². The minimum absolute atomic E-state index is 0.924. The molecule has 0 saturated heterocycles. The molecular formula is C16H22N2OS. The molecule has 0 atom stereocenters. The number of thiophene rings is 1. The lowest BCUT2D eigenvalue weighted by molar-refractivity contribution is 0.415. The molecule has 1 heterocycles. The van der Waals surface area contributed by atoms with Crippen LogP contribution in [-0.2, 0) is 6.42 Å². The molecule has 108 valence electrons. The van der Waals surface area contributed by atoms with Crippen molar-refractivity contribution in [1.29, 1.82) is 0 Å². The lowest BCUT2D eigenvalue weighted by Crippen LogP contribution is -2.30. The number of benzene rings is 1. The summed E-state index contributed by atoms with van der Waals surface area (Å²) in [6.07, 6.45) is 1.10. The molecule has 20 heavy (non-hydrogen) atoms. The summed E-state index contributed by atoms with van der Waals surface area (Å²) in [5, 5.41) is 7.82. The summed E-state index contributed by atoms with van der Waals surface area (Å²) < 4.78 is 5.38. The number of ether oxygens (including phenoxy) is 1. The number of nitrogens with one attached hydrogen (secondary N) is 1. The highest BCUT2D eigenvalue weighted by Crippen LogP contribution is 2.25. The lowest BCUT2D eigenvalue weighted by atomic mass is 10.2. The Kier molecular flexibility index (Phi) is 5.89. The van der Waals surface area contributed by atoms with Crippen molar-refractivity contribution >= 4 is 17.0 Å². The Bertz CT molecular complexity index is 499. The van der Waals surface area contributed by atoms with E-state index in [1.54, 1.807) is 18.4 Å². The van der Waals surface area contributed by atoms with Gasteiger partial charge in [-0.1, -0.05) is 12.1 Å². The second-order valence-corrected chi connectivity index (χ2v) is 5.51. The van der Waals surface area contributed by atoms with Gasteiger partial charge in [0, 0.05) is 20.1 Å². The van der Waals surface area contributed by atoms with Gasteiger partial charge < -0.3 is 15.0 Å². The Labute approximate surface area is 125 Å². The molecule has 0 aliphatic rings. The van der Waals surface area contributed by atoms with Crippen LogP contribution in [0.3, 0.4) is 0 Å². The SMILES string of the molecule is COc1ccccc1N(C)CCNCCc1ccsc1. The fourth-order valence-corrected chi connectivity index (χ4v) is 2.81. The van der Waals surface area contributed by atoms with E-state index in [-0.39, 0.29) is 0 Å². The highest BCUT2D eigenvalue weighted by atomic mass is 32.1. The molecule has 0 spiro atoms. The third-order valence-corrected chi connectivity index (χ3v) is 4.02. The van der Waals surface area contributed by atoms with Crippen LogP contribution in [0.4, 0.5) is 5.69 Å². The molecule has 2 aromatic rings. The molecule has 0 aliphatic heterocycles. The molecular weight excluding hydrogens is 268 g/mol. The highest BCUT2D eigenvalue weighted by molar-refractivity contribution is 7.07. The van der Waals surface area contributed by atoms with Crippen LogP contribution in [0.5, 0.6) is 5.75 Å². The smallest absolute Gasteiger partial charge is 0.142 e. The van der Waals surface area contributed by atoms with Crippen molar-refractivity contribution in [3.05, 3.63) is 46.7 Å². The molecule has 2 rings (SSSR count). The number of anilines is 1. The van der Waals surface area contributed by atoms with Gasteiger partial charge in [0.25, 0.3) is 0 Å². The van der Waals surface area contributed by atoms with Crippen molar-refractivity contribution in [3.8, 4) is 5.75 Å². The van der Waals surface area contributed by atoms with Crippen molar-refractivity contribution in [3.63, 3.8) is 0 Å². The van der Waals surface area contributed by atoms with Gasteiger partial charge in [0.15, 0.2) is 0 Å². The molecule has 1 aromatic heterocycles. The van der Waals surface area contributed by atoms with Crippen molar-refractivity contribution in [1.82, 2.24) is 5.32 Å². The number of hydrogen-bond donors (Lipinski definition) is 1. The largest absolute Gasteiger partial charge is 0.495 e. The molecule has 0 unspecified atom stereocenters. The van der Waals surface area contributed by atoms with E-state index in [9.17, 15) is 0 Å². The van der Waals surface area contributed by atoms with Crippen LogP contribution in [0.25, 0.3) is 0 Å². The maximum absolute atomic E-state index is 5.38. The summed E-state index contributed by atoms with van der Waals surface area (Å²) in [6.45, 7) is 2.96. The second-order valence-electron chi connectivity index (χ2n) is 4.73. The van der Waals surface area contributed by atoms with Crippen LogP contribution in [0, 0.1) is 0 Å². The summed E-state index contributed by atoms with van der Waals surface area (Å²) in [4.78, 5) is 2.22. The fourth-order valence-electron chi connectivity index (χ4n) is 2.10. The normalized spacial score (nSPS) is 10.5. The topological polar surface area (TPSA) is 24.5 Å². The Morgan fingerprint density at radius 2 is 2.05 bits per heavy atom. The number of likely N-dealkylation sites (N-methyl/N-ethyl adjacent to an activating group) is 1. The minimum Gasteiger partial charge on any atom is -0.495 e. The van der Waals surface area contributed by atoms with E-state index >= 15 is 0 Å². The molecule has 3 nitrogen and oxygen atoms in total. The van der Waals surface area contributed by atoms with Gasteiger partial charge in [0.05, 0.1) is 12.8 Å². The van der Waals surface area contributed by atoms with Crippen LogP contribution < -0.4 is 15.0 Å². The number of para-hydroxylation sites is 2. The Hall–Kier alpha value is -1.52. The average Bonchev–Trinajstić information content (AvgIpc) is 3.00. The second kappa shape index (κ2) is 7.92. The van der Waals surface area contributed by atoms with E-state index < -0.39 is 0 Å². The first-order valence-electron chi connectivity index (χ1n) is 6.87. The molecule has 0 aliphatic carbocycles. The molecule has 1 aromatic carbocycles. The molecule has 1 N–H and O–H groups in total. The predicted molar refractivity (Wildman–Crippen MR) is 87.2 cm³/mol. The third-order valence-electron chi connectivity index (χ3n) is 3.29. The minimum atomic E-state index is 0.924. The van der Waals surface area contributed by atoms with Gasteiger partial charge in [-0.25, -0.2) is 0 Å². The third kappa shape index (κ3) is 4.25. The molecule has 0 amide bonds. The van der Waals surface area contributed by atoms with Gasteiger partial charge in [-0.15, -0.1) is 0 Å². The standard InChI is InChI=1S/C16H22N2OS/c1-18(15-5-3-4-6-16(15)19-2)11-10-17-9-7-14-8-12-20-13-14/h3-6,8,12-13,17H,7,9-11H2,1-2H3. The van der Waals surface area contributed by atoms with Crippen molar-refractivity contribution < 1.29 is 4.74 Å². The van der Waals surface area contributed by atoms with Crippen molar-refractivity contribution in [2.24, 2.45) is 0 Å². The maximum Gasteiger partial charge on any atom is 0.142 e. The van der Waals surface area contributed by atoms with E-state index in [4.69, 9.17) is 4.74 Å². The Balaban J connectivity index is 1.70. The first-order valence-corrected chi connectivity index (χ1v) is 7.81. The lowest BCUT2D eigenvalue weighted by Gasteiger charge is -2.21. The summed E-state index contributed by atoms with van der Waals surface area (Å²) in [7, 11) is 3.81. The number of nitrogens with zero attached hydrogens (tertiary/aromatic N) is 1. The molecule has 0 bridgehead atoms. The van der Waals surface area contributed by atoms with E-state index in [0.717, 1.165) is 37.5 Å². The zero-order valence-corrected chi connectivity index (χ0v) is 13.0. The van der Waals surface area contributed by atoms with E-state index in [2.05, 4.69) is 40.2 Å². The molecule has 0 fully saturated rings. The summed E-state index contributed by atoms with van der Waals surface area (Å²) in [6, 6.07) is 10.3. The zero-order valence-electron chi connectivity index (χ0n) is 12.1. The van der Waals surface area contributed by atoms with E-state index in [1.165, 1.54) is 5.56 Å². The van der Waals surface area contributed by atoms with Crippen LogP contribution in [0.1, 0.15) is 5.56 Å². The number of methoxy groups -OCH3 is 1. The monoisotopic (exact) mass is 290 g/mol. The molecule has 0 radical (unpaired) electrons. The number of rotatable bonds is 8. The van der Waals surface area contributed by atoms with Gasteiger partial charge >= 0.3 is 0 Å². The van der Waals surface area contributed by atoms with Crippen molar-refractivity contribution in [2.75, 3.05) is 38.7 Å². The van der Waals surface area contributed by atoms with Crippen LogP contribution in [0.2, 0.25) is 0 Å². The van der Waals surface area contributed by atoms with E-state index in [1.807, 2.05) is 18.2 Å². The Morgan fingerprint density at radius 1 is 1.20 bits per heavy atom. The van der Waals surface area contributed by atoms with Crippen LogP contribution in [0.15, 0.2) is 41.1 Å².